The highest BCUT2D eigenvalue weighted by Gasteiger charge is 2.21. The van der Waals surface area contributed by atoms with Crippen LogP contribution >= 0.6 is 22.6 Å². The van der Waals surface area contributed by atoms with Crippen molar-refractivity contribution >= 4 is 34.5 Å². The first kappa shape index (κ1) is 15.9. The number of carbonyl (C=O) groups excluding carboxylic acids is 2. The Morgan fingerprint density at radius 2 is 2.11 bits per heavy atom. The second-order valence-electron chi connectivity index (χ2n) is 3.91. The molecular formula is C13H16INO4. The van der Waals surface area contributed by atoms with Gasteiger partial charge in [0.1, 0.15) is 12.6 Å². The topological polar surface area (TPSA) is 64.6 Å². The smallest absolute Gasteiger partial charge is 0.328 e. The molecule has 1 N–H and O–H groups in total. The van der Waals surface area contributed by atoms with E-state index in [0.29, 0.717) is 6.42 Å². The molecule has 0 unspecified atom stereocenters. The van der Waals surface area contributed by atoms with Gasteiger partial charge in [0.15, 0.2) is 0 Å². The first-order valence-corrected chi connectivity index (χ1v) is 6.75. The monoisotopic (exact) mass is 377 g/mol. The predicted molar refractivity (Wildman–Crippen MR) is 78.7 cm³/mol. The van der Waals surface area contributed by atoms with Crippen LogP contribution in [-0.2, 0) is 25.5 Å². The zero-order valence-electron chi connectivity index (χ0n) is 10.8. The first-order chi connectivity index (χ1) is 9.06. The quantitative estimate of drug-likeness (QED) is 0.597. The summed E-state index contributed by atoms with van der Waals surface area (Å²) in [4.78, 5) is 23.1. The molecule has 0 spiro atoms. The number of hydrogen-bond acceptors (Lipinski definition) is 4. The van der Waals surface area contributed by atoms with Crippen LogP contribution < -0.4 is 5.32 Å². The minimum absolute atomic E-state index is 0.0835. The second kappa shape index (κ2) is 8.11. The molecule has 104 valence electrons. The fourth-order valence-electron chi connectivity index (χ4n) is 1.60. The minimum Gasteiger partial charge on any atom is -0.467 e. The van der Waals surface area contributed by atoms with Gasteiger partial charge < -0.3 is 14.8 Å². The summed E-state index contributed by atoms with van der Waals surface area (Å²) in [5, 5.41) is 2.60. The average molecular weight is 377 g/mol. The van der Waals surface area contributed by atoms with E-state index in [0.717, 1.165) is 9.13 Å². The molecule has 0 heterocycles. The van der Waals surface area contributed by atoms with E-state index in [9.17, 15) is 9.59 Å². The summed E-state index contributed by atoms with van der Waals surface area (Å²) >= 11 is 2.19. The Hall–Kier alpha value is -1.15. The third-order valence-electron chi connectivity index (χ3n) is 2.43. The van der Waals surface area contributed by atoms with Gasteiger partial charge in [-0.3, -0.25) is 4.79 Å². The van der Waals surface area contributed by atoms with Crippen molar-refractivity contribution in [1.82, 2.24) is 5.32 Å². The van der Waals surface area contributed by atoms with E-state index in [2.05, 4.69) is 27.9 Å². The standard InChI is InChI=1S/C13H16INO4/c1-18-8-12(16)15-11(13(17)19-2)7-9-4-3-5-10(14)6-9/h3-6,11H,7-8H2,1-2H3,(H,15,16)/t11-/m0/s1. The summed E-state index contributed by atoms with van der Waals surface area (Å²) in [6.45, 7) is -0.0835. The molecule has 1 rings (SSSR count). The Morgan fingerprint density at radius 1 is 1.37 bits per heavy atom. The first-order valence-electron chi connectivity index (χ1n) is 5.67. The van der Waals surface area contributed by atoms with Crippen molar-refractivity contribution in [2.75, 3.05) is 20.8 Å². The number of amides is 1. The predicted octanol–water partition coefficient (Wildman–Crippen LogP) is 1.14. The maximum Gasteiger partial charge on any atom is 0.328 e. The molecule has 1 aromatic rings. The van der Waals surface area contributed by atoms with Crippen LogP contribution in [0.1, 0.15) is 5.56 Å². The van der Waals surface area contributed by atoms with E-state index >= 15 is 0 Å². The molecule has 5 nitrogen and oxygen atoms in total. The molecule has 1 atom stereocenters. The molecule has 19 heavy (non-hydrogen) atoms. The van der Waals surface area contributed by atoms with Gasteiger partial charge in [-0.05, 0) is 40.3 Å². The Morgan fingerprint density at radius 3 is 2.68 bits per heavy atom. The third-order valence-corrected chi connectivity index (χ3v) is 3.10. The van der Waals surface area contributed by atoms with E-state index < -0.39 is 12.0 Å². The lowest BCUT2D eigenvalue weighted by Crippen LogP contribution is -2.44. The Labute approximate surface area is 125 Å². The number of halogens is 1. The summed E-state index contributed by atoms with van der Waals surface area (Å²) in [6.07, 6.45) is 0.388. The zero-order valence-corrected chi connectivity index (χ0v) is 13.0. The fourth-order valence-corrected chi connectivity index (χ4v) is 2.21. The highest BCUT2D eigenvalue weighted by atomic mass is 127. The molecule has 0 radical (unpaired) electrons. The van der Waals surface area contributed by atoms with Gasteiger partial charge in [-0.1, -0.05) is 12.1 Å². The molecule has 0 aliphatic carbocycles. The van der Waals surface area contributed by atoms with Gasteiger partial charge in [0.05, 0.1) is 7.11 Å². The van der Waals surface area contributed by atoms with Crippen LogP contribution in [0.2, 0.25) is 0 Å². The summed E-state index contributed by atoms with van der Waals surface area (Å²) in [7, 11) is 2.72. The molecule has 1 amide bonds. The molecule has 0 fully saturated rings. The highest BCUT2D eigenvalue weighted by Crippen LogP contribution is 2.10. The Bertz CT molecular complexity index is 450. The van der Waals surface area contributed by atoms with E-state index in [1.165, 1.54) is 14.2 Å². The molecule has 0 aliphatic heterocycles. The highest BCUT2D eigenvalue weighted by molar-refractivity contribution is 14.1. The SMILES string of the molecule is COCC(=O)N[C@@H](Cc1cccc(I)c1)C(=O)OC. The zero-order chi connectivity index (χ0) is 14.3. The van der Waals surface area contributed by atoms with Crippen molar-refractivity contribution in [3.8, 4) is 0 Å². The number of esters is 1. The maximum atomic E-state index is 11.7. The molecule has 6 heteroatoms. The van der Waals surface area contributed by atoms with Gasteiger partial charge in [0, 0.05) is 17.1 Å². The van der Waals surface area contributed by atoms with Gasteiger partial charge in [0.25, 0.3) is 0 Å². The van der Waals surface area contributed by atoms with Crippen molar-refractivity contribution in [2.24, 2.45) is 0 Å². The third kappa shape index (κ3) is 5.56. The molecule has 1 aromatic carbocycles. The van der Waals surface area contributed by atoms with Crippen LogP contribution in [0.25, 0.3) is 0 Å². The molecule has 0 saturated carbocycles. The Balaban J connectivity index is 2.74. The number of carbonyl (C=O) groups is 2. The number of benzene rings is 1. The number of methoxy groups -OCH3 is 2. The van der Waals surface area contributed by atoms with Gasteiger partial charge >= 0.3 is 5.97 Å². The normalized spacial score (nSPS) is 11.7. The van der Waals surface area contributed by atoms with Crippen LogP contribution in [0, 0.1) is 3.57 Å². The molecule has 0 aromatic heterocycles. The fraction of sp³-hybridized carbons (Fsp3) is 0.385. The summed E-state index contributed by atoms with van der Waals surface area (Å²) < 4.78 is 10.5. The second-order valence-corrected chi connectivity index (χ2v) is 5.16. The van der Waals surface area contributed by atoms with Gasteiger partial charge in [-0.2, -0.15) is 0 Å². The van der Waals surface area contributed by atoms with E-state index in [-0.39, 0.29) is 12.5 Å². The Kier molecular flexibility index (Phi) is 6.79. The van der Waals surface area contributed by atoms with Gasteiger partial charge in [0.2, 0.25) is 5.91 Å². The van der Waals surface area contributed by atoms with Gasteiger partial charge in [-0.15, -0.1) is 0 Å². The van der Waals surface area contributed by atoms with Crippen LogP contribution in [0.3, 0.4) is 0 Å². The van der Waals surface area contributed by atoms with Crippen molar-refractivity contribution < 1.29 is 19.1 Å². The van der Waals surface area contributed by atoms with E-state index in [1.807, 2.05) is 24.3 Å². The van der Waals surface area contributed by atoms with Crippen LogP contribution in [0.15, 0.2) is 24.3 Å². The van der Waals surface area contributed by atoms with Gasteiger partial charge in [-0.25, -0.2) is 4.79 Å². The molecule has 0 bridgehead atoms. The van der Waals surface area contributed by atoms with E-state index in [1.54, 1.807) is 0 Å². The lowest BCUT2D eigenvalue weighted by atomic mass is 10.1. The summed E-state index contributed by atoms with van der Waals surface area (Å²) in [5.74, 6) is -0.813. The van der Waals surface area contributed by atoms with E-state index in [4.69, 9.17) is 9.47 Å². The van der Waals surface area contributed by atoms with Crippen molar-refractivity contribution in [2.45, 2.75) is 12.5 Å². The maximum absolute atomic E-state index is 11.7. The number of rotatable bonds is 6. The number of hydrogen-bond donors (Lipinski definition) is 1. The number of ether oxygens (including phenoxy) is 2. The largest absolute Gasteiger partial charge is 0.467 e. The summed E-state index contributed by atoms with van der Waals surface area (Å²) in [6, 6.07) is 7.02. The van der Waals surface area contributed by atoms with Crippen LogP contribution in [0.5, 0.6) is 0 Å². The number of nitrogens with one attached hydrogen (secondary N) is 1. The van der Waals surface area contributed by atoms with Crippen LogP contribution in [-0.4, -0.2) is 38.7 Å². The lowest BCUT2D eigenvalue weighted by Gasteiger charge is -2.16. The molecular weight excluding hydrogens is 361 g/mol. The molecule has 0 saturated heterocycles. The average Bonchev–Trinajstić information content (AvgIpc) is 2.37. The van der Waals surface area contributed by atoms with Crippen molar-refractivity contribution in [1.29, 1.82) is 0 Å². The summed E-state index contributed by atoms with van der Waals surface area (Å²) in [5.41, 5.74) is 0.958. The minimum atomic E-state index is -0.703. The van der Waals surface area contributed by atoms with Crippen molar-refractivity contribution in [3.63, 3.8) is 0 Å². The molecule has 0 aliphatic rings. The van der Waals surface area contributed by atoms with Crippen molar-refractivity contribution in [3.05, 3.63) is 33.4 Å². The lowest BCUT2D eigenvalue weighted by molar-refractivity contribution is -0.145. The van der Waals surface area contributed by atoms with Crippen LogP contribution in [0.4, 0.5) is 0 Å².